The molecular formula is C9H7Br2ClN4O2S. The molecule has 0 aliphatic rings. The first kappa shape index (κ1) is 14.9. The van der Waals surface area contributed by atoms with Crippen molar-refractivity contribution in [3.05, 3.63) is 38.3 Å². The van der Waals surface area contributed by atoms with E-state index in [1.54, 1.807) is 10.7 Å². The molecular weight excluding hydrogens is 423 g/mol. The van der Waals surface area contributed by atoms with Gasteiger partial charge in [-0.05, 0) is 55.6 Å². The van der Waals surface area contributed by atoms with E-state index in [0.29, 0.717) is 21.6 Å². The number of hydrogen-bond acceptors (Lipinski definition) is 4. The molecule has 0 saturated carbocycles. The third-order valence-corrected chi connectivity index (χ3v) is 4.23. The van der Waals surface area contributed by atoms with Gasteiger partial charge in [0, 0.05) is 5.02 Å². The minimum absolute atomic E-state index is 0.0368. The van der Waals surface area contributed by atoms with E-state index < -0.39 is 10.0 Å². The SMILES string of the molecule is NS(=O)(=O)c1cc(Cl)cc(Cn2nc(Br)nc2Br)c1. The van der Waals surface area contributed by atoms with E-state index in [0.717, 1.165) is 0 Å². The number of nitrogens with zero attached hydrogens (tertiary/aromatic N) is 3. The first-order valence-electron chi connectivity index (χ1n) is 4.84. The van der Waals surface area contributed by atoms with Crippen molar-refractivity contribution >= 4 is 53.5 Å². The van der Waals surface area contributed by atoms with Crippen LogP contribution >= 0.6 is 43.5 Å². The summed E-state index contributed by atoms with van der Waals surface area (Å²) in [5.41, 5.74) is 0.648. The van der Waals surface area contributed by atoms with Gasteiger partial charge in [-0.3, -0.25) is 0 Å². The smallest absolute Gasteiger partial charge is 0.235 e. The van der Waals surface area contributed by atoms with Gasteiger partial charge in [-0.2, -0.15) is 4.98 Å². The summed E-state index contributed by atoms with van der Waals surface area (Å²) in [6, 6.07) is 4.38. The quantitative estimate of drug-likeness (QED) is 0.808. The summed E-state index contributed by atoms with van der Waals surface area (Å²) >= 11 is 12.3. The molecule has 19 heavy (non-hydrogen) atoms. The van der Waals surface area contributed by atoms with Crippen LogP contribution in [0.3, 0.4) is 0 Å². The fourth-order valence-electron chi connectivity index (χ4n) is 1.45. The number of benzene rings is 1. The monoisotopic (exact) mass is 428 g/mol. The van der Waals surface area contributed by atoms with E-state index in [-0.39, 0.29) is 9.92 Å². The molecule has 0 amide bonds. The topological polar surface area (TPSA) is 90.9 Å². The Morgan fingerprint density at radius 3 is 2.53 bits per heavy atom. The summed E-state index contributed by atoms with van der Waals surface area (Å²) in [5, 5.41) is 9.45. The van der Waals surface area contributed by atoms with Crippen LogP contribution in [0.5, 0.6) is 0 Å². The molecule has 0 atom stereocenters. The maximum atomic E-state index is 11.3. The van der Waals surface area contributed by atoms with Crippen LogP contribution < -0.4 is 5.14 Å². The van der Waals surface area contributed by atoms with Crippen molar-refractivity contribution < 1.29 is 8.42 Å². The van der Waals surface area contributed by atoms with E-state index in [9.17, 15) is 8.42 Å². The van der Waals surface area contributed by atoms with E-state index >= 15 is 0 Å². The van der Waals surface area contributed by atoms with Crippen molar-refractivity contribution in [3.8, 4) is 0 Å². The zero-order chi connectivity index (χ0) is 14.2. The van der Waals surface area contributed by atoms with Gasteiger partial charge in [-0.1, -0.05) is 11.6 Å². The maximum Gasteiger partial charge on any atom is 0.238 e. The molecule has 10 heteroatoms. The van der Waals surface area contributed by atoms with Crippen molar-refractivity contribution in [2.75, 3.05) is 0 Å². The molecule has 1 heterocycles. The molecule has 0 unspecified atom stereocenters. The van der Waals surface area contributed by atoms with Crippen molar-refractivity contribution in [3.63, 3.8) is 0 Å². The zero-order valence-corrected chi connectivity index (χ0v) is 14.0. The average Bonchev–Trinajstić information content (AvgIpc) is 2.55. The van der Waals surface area contributed by atoms with Gasteiger partial charge in [0.25, 0.3) is 0 Å². The minimum Gasteiger partial charge on any atom is -0.235 e. The van der Waals surface area contributed by atoms with Gasteiger partial charge in [0.15, 0.2) is 4.73 Å². The van der Waals surface area contributed by atoms with Crippen LogP contribution in [0, 0.1) is 0 Å². The zero-order valence-electron chi connectivity index (χ0n) is 9.22. The van der Waals surface area contributed by atoms with E-state index in [1.807, 2.05) is 0 Å². The molecule has 2 rings (SSSR count). The highest BCUT2D eigenvalue weighted by atomic mass is 79.9. The number of halogens is 3. The third-order valence-electron chi connectivity index (χ3n) is 2.19. The largest absolute Gasteiger partial charge is 0.238 e. The second kappa shape index (κ2) is 5.49. The molecule has 2 N–H and O–H groups in total. The van der Waals surface area contributed by atoms with E-state index in [1.165, 1.54) is 12.1 Å². The van der Waals surface area contributed by atoms with Gasteiger partial charge in [-0.15, -0.1) is 5.10 Å². The van der Waals surface area contributed by atoms with Crippen LogP contribution in [0.4, 0.5) is 0 Å². The van der Waals surface area contributed by atoms with E-state index in [2.05, 4.69) is 41.9 Å². The second-order valence-electron chi connectivity index (χ2n) is 3.65. The molecule has 0 aliphatic carbocycles. The highest BCUT2D eigenvalue weighted by Crippen LogP contribution is 2.20. The van der Waals surface area contributed by atoms with Gasteiger partial charge in [0.05, 0.1) is 11.4 Å². The number of nitrogens with two attached hydrogens (primary N) is 1. The van der Waals surface area contributed by atoms with Gasteiger partial charge < -0.3 is 0 Å². The lowest BCUT2D eigenvalue weighted by Gasteiger charge is -2.06. The molecule has 0 fully saturated rings. The van der Waals surface area contributed by atoms with Gasteiger partial charge in [-0.25, -0.2) is 18.2 Å². The fraction of sp³-hybridized carbons (Fsp3) is 0.111. The number of rotatable bonds is 3. The van der Waals surface area contributed by atoms with Crippen LogP contribution in [0.15, 0.2) is 32.6 Å². The molecule has 0 bridgehead atoms. The van der Waals surface area contributed by atoms with Gasteiger partial charge in [0.1, 0.15) is 0 Å². The standard InChI is InChI=1S/C9H7Br2ClN4O2S/c10-8-14-9(11)16(15-8)4-5-1-6(12)3-7(2-5)19(13,17)18/h1-3H,4H2,(H2,13,17,18). The van der Waals surface area contributed by atoms with Gasteiger partial charge >= 0.3 is 0 Å². The Bertz CT molecular complexity index is 732. The Kier molecular flexibility index (Phi) is 4.31. The lowest BCUT2D eigenvalue weighted by molar-refractivity contribution is 0.597. The van der Waals surface area contributed by atoms with Crippen molar-refractivity contribution in [1.82, 2.24) is 14.8 Å². The van der Waals surface area contributed by atoms with Crippen LogP contribution in [0.2, 0.25) is 5.02 Å². The van der Waals surface area contributed by atoms with Crippen LogP contribution in [-0.2, 0) is 16.6 Å². The number of primary sulfonamides is 1. The van der Waals surface area contributed by atoms with Crippen molar-refractivity contribution in [1.29, 1.82) is 0 Å². The summed E-state index contributed by atoms with van der Waals surface area (Å²) in [6.45, 7) is 0.308. The minimum atomic E-state index is -3.80. The predicted octanol–water partition coefficient (Wildman–Crippen LogP) is 2.15. The van der Waals surface area contributed by atoms with Crippen LogP contribution in [0.25, 0.3) is 0 Å². The Balaban J connectivity index is 2.41. The highest BCUT2D eigenvalue weighted by molar-refractivity contribution is 9.11. The fourth-order valence-corrected chi connectivity index (χ4v) is 3.35. The highest BCUT2D eigenvalue weighted by Gasteiger charge is 2.12. The molecule has 0 spiro atoms. The predicted molar refractivity (Wildman–Crippen MR) is 77.3 cm³/mol. The molecule has 0 radical (unpaired) electrons. The summed E-state index contributed by atoms with van der Waals surface area (Å²) in [7, 11) is -3.80. The molecule has 1 aromatic carbocycles. The molecule has 2 aromatic rings. The lowest BCUT2D eigenvalue weighted by atomic mass is 10.2. The van der Waals surface area contributed by atoms with E-state index in [4.69, 9.17) is 16.7 Å². The Morgan fingerprint density at radius 2 is 2.00 bits per heavy atom. The number of hydrogen-bond donors (Lipinski definition) is 1. The summed E-state index contributed by atoms with van der Waals surface area (Å²) in [6.07, 6.45) is 0. The maximum absolute atomic E-state index is 11.3. The molecule has 1 aromatic heterocycles. The summed E-state index contributed by atoms with van der Waals surface area (Å²) in [5.74, 6) is 0. The van der Waals surface area contributed by atoms with Crippen LogP contribution in [-0.4, -0.2) is 23.2 Å². The van der Waals surface area contributed by atoms with Crippen LogP contribution in [0.1, 0.15) is 5.56 Å². The summed E-state index contributed by atoms with van der Waals surface area (Å²) in [4.78, 5) is 3.97. The normalized spacial score (nSPS) is 11.8. The Morgan fingerprint density at radius 1 is 1.32 bits per heavy atom. The van der Waals surface area contributed by atoms with Crippen molar-refractivity contribution in [2.45, 2.75) is 11.4 Å². The molecule has 0 aliphatic heterocycles. The van der Waals surface area contributed by atoms with Crippen molar-refractivity contribution in [2.24, 2.45) is 5.14 Å². The molecule has 102 valence electrons. The molecule has 6 nitrogen and oxygen atoms in total. The first-order valence-corrected chi connectivity index (χ1v) is 8.35. The second-order valence-corrected chi connectivity index (χ2v) is 7.06. The number of aromatic nitrogens is 3. The third kappa shape index (κ3) is 3.76. The summed E-state index contributed by atoms with van der Waals surface area (Å²) < 4.78 is 25.1. The average molecular weight is 431 g/mol. The van der Waals surface area contributed by atoms with Gasteiger partial charge in [0.2, 0.25) is 14.8 Å². The number of sulfonamides is 1. The lowest BCUT2D eigenvalue weighted by Crippen LogP contribution is -2.13. The Labute approximate surface area is 131 Å². The molecule has 0 saturated heterocycles. The Hall–Kier alpha value is -0.480. The first-order chi connectivity index (χ1) is 8.75.